The van der Waals surface area contributed by atoms with Gasteiger partial charge in [-0.15, -0.1) is 0 Å². The second-order valence-electron chi connectivity index (χ2n) is 7.20. The van der Waals surface area contributed by atoms with Crippen LogP contribution in [0.4, 0.5) is 11.5 Å². The van der Waals surface area contributed by atoms with Crippen molar-refractivity contribution in [2.45, 2.75) is 19.8 Å². The van der Waals surface area contributed by atoms with Gasteiger partial charge < -0.3 is 10.1 Å². The van der Waals surface area contributed by atoms with Gasteiger partial charge in [0.2, 0.25) is 0 Å². The molecule has 0 bridgehead atoms. The predicted octanol–water partition coefficient (Wildman–Crippen LogP) is 3.58. The third-order valence-electron chi connectivity index (χ3n) is 5.17. The minimum atomic E-state index is 0.124. The maximum atomic E-state index is 12.5. The number of nitrogens with zero attached hydrogens (tertiary/aromatic N) is 5. The number of carbonyl (C=O) groups is 1. The molecule has 154 valence electrons. The van der Waals surface area contributed by atoms with Crippen molar-refractivity contribution in [3.05, 3.63) is 54.1 Å². The Morgan fingerprint density at radius 2 is 2.10 bits per heavy atom. The fourth-order valence-corrected chi connectivity index (χ4v) is 3.44. The van der Waals surface area contributed by atoms with E-state index in [0.717, 1.165) is 23.4 Å². The minimum absolute atomic E-state index is 0.124. The first-order valence-corrected chi connectivity index (χ1v) is 9.98. The molecule has 1 aromatic carbocycles. The van der Waals surface area contributed by atoms with Gasteiger partial charge in [-0.3, -0.25) is 9.79 Å². The fraction of sp³-hybridized carbons (Fsp3) is 0.318. The number of ether oxygens (including phenoxy) is 1. The van der Waals surface area contributed by atoms with Gasteiger partial charge in [-0.25, -0.2) is 14.5 Å². The van der Waals surface area contributed by atoms with Crippen LogP contribution in [0.1, 0.15) is 35.8 Å². The molecule has 1 atom stereocenters. The molecule has 30 heavy (non-hydrogen) atoms. The number of nitrogens with one attached hydrogen (secondary N) is 1. The predicted molar refractivity (Wildman–Crippen MR) is 116 cm³/mol. The largest absolute Gasteiger partial charge is 0.384 e. The topological polar surface area (TPSA) is 93.8 Å². The summed E-state index contributed by atoms with van der Waals surface area (Å²) >= 11 is 0. The molecule has 0 fully saturated rings. The van der Waals surface area contributed by atoms with Gasteiger partial charge in [-0.1, -0.05) is 19.4 Å². The second-order valence-corrected chi connectivity index (χ2v) is 7.20. The summed E-state index contributed by atoms with van der Waals surface area (Å²) in [5.41, 5.74) is 3.96. The fourth-order valence-electron chi connectivity index (χ4n) is 3.44. The highest BCUT2D eigenvalue weighted by molar-refractivity contribution is 6.11. The van der Waals surface area contributed by atoms with Gasteiger partial charge in [-0.2, -0.15) is 5.10 Å². The van der Waals surface area contributed by atoms with Crippen molar-refractivity contribution in [3.8, 4) is 0 Å². The average molecular weight is 404 g/mol. The Bertz CT molecular complexity index is 1100. The lowest BCUT2D eigenvalue weighted by molar-refractivity contribution is 0.0903. The molecule has 8 heteroatoms. The number of hydrogen-bond acceptors (Lipinski definition) is 7. The van der Waals surface area contributed by atoms with E-state index in [4.69, 9.17) is 4.74 Å². The van der Waals surface area contributed by atoms with Gasteiger partial charge in [0.25, 0.3) is 0 Å². The average Bonchev–Trinajstić information content (AvgIpc) is 3.46. The van der Waals surface area contributed by atoms with Crippen molar-refractivity contribution >= 4 is 34.7 Å². The number of Topliss-reactive ketones (excluding diaryl/α,β-unsaturated/α-hetero) is 1. The highest BCUT2D eigenvalue weighted by Crippen LogP contribution is 2.23. The lowest BCUT2D eigenvalue weighted by Gasteiger charge is -2.13. The van der Waals surface area contributed by atoms with Gasteiger partial charge in [0.1, 0.15) is 6.33 Å². The molecule has 0 amide bonds. The zero-order valence-corrected chi connectivity index (χ0v) is 17.1. The zero-order valence-electron chi connectivity index (χ0n) is 17.1. The molecule has 3 aromatic rings. The van der Waals surface area contributed by atoms with Crippen LogP contribution in [0.15, 0.2) is 47.9 Å². The van der Waals surface area contributed by atoms with E-state index in [1.165, 1.54) is 6.33 Å². The molecule has 4 rings (SSSR count). The number of aliphatic imine (C=N–C) groups is 1. The summed E-state index contributed by atoms with van der Waals surface area (Å²) in [5.74, 6) is 0.959. The van der Waals surface area contributed by atoms with Crippen LogP contribution in [0.2, 0.25) is 0 Å². The smallest absolute Gasteiger partial charge is 0.199 e. The molecule has 1 aliphatic rings. The van der Waals surface area contributed by atoms with Crippen molar-refractivity contribution in [1.82, 2.24) is 19.6 Å². The molecule has 0 radical (unpaired) electrons. The van der Waals surface area contributed by atoms with Crippen LogP contribution in [0.5, 0.6) is 0 Å². The van der Waals surface area contributed by atoms with E-state index >= 15 is 0 Å². The van der Waals surface area contributed by atoms with E-state index in [1.807, 2.05) is 36.6 Å². The first-order valence-electron chi connectivity index (χ1n) is 9.98. The number of allylic oxidation sites excluding steroid dienone is 1. The Labute approximate surface area is 174 Å². The van der Waals surface area contributed by atoms with Crippen LogP contribution in [0.3, 0.4) is 0 Å². The molecule has 2 aromatic heterocycles. The molecular weight excluding hydrogens is 380 g/mol. The number of benzene rings is 1. The van der Waals surface area contributed by atoms with Gasteiger partial charge in [0.05, 0.1) is 18.4 Å². The van der Waals surface area contributed by atoms with Crippen LogP contribution >= 0.6 is 0 Å². The highest BCUT2D eigenvalue weighted by Gasteiger charge is 2.15. The summed E-state index contributed by atoms with van der Waals surface area (Å²) in [6, 6.07) is 7.41. The van der Waals surface area contributed by atoms with Gasteiger partial charge >= 0.3 is 0 Å². The quantitative estimate of drug-likeness (QED) is 0.548. The summed E-state index contributed by atoms with van der Waals surface area (Å²) in [4.78, 5) is 25.6. The van der Waals surface area contributed by atoms with Gasteiger partial charge in [-0.05, 0) is 30.2 Å². The summed E-state index contributed by atoms with van der Waals surface area (Å²) in [7, 11) is 1.67. The third kappa shape index (κ3) is 4.13. The number of aromatic nitrogens is 4. The molecule has 1 N–H and O–H groups in total. The van der Waals surface area contributed by atoms with Crippen LogP contribution in [-0.4, -0.2) is 51.8 Å². The van der Waals surface area contributed by atoms with Crippen molar-refractivity contribution in [1.29, 1.82) is 0 Å². The number of hydrogen-bond donors (Lipinski definition) is 1. The third-order valence-corrected chi connectivity index (χ3v) is 5.17. The molecule has 1 unspecified atom stereocenters. The number of carbonyl (C=O) groups excluding carboxylic acids is 1. The lowest BCUT2D eigenvalue weighted by atomic mass is 9.96. The van der Waals surface area contributed by atoms with E-state index in [2.05, 4.69) is 32.3 Å². The Hall–Kier alpha value is -3.39. The Morgan fingerprint density at radius 1 is 1.27 bits per heavy atom. The molecule has 0 saturated carbocycles. The molecule has 0 saturated heterocycles. The number of ketones is 1. The summed E-state index contributed by atoms with van der Waals surface area (Å²) in [6.45, 7) is 3.34. The maximum Gasteiger partial charge on any atom is 0.199 e. The van der Waals surface area contributed by atoms with Crippen LogP contribution in [0.25, 0.3) is 11.2 Å². The number of anilines is 2. The Morgan fingerprint density at radius 3 is 2.80 bits per heavy atom. The number of rotatable bonds is 9. The highest BCUT2D eigenvalue weighted by atomic mass is 16.5. The van der Waals surface area contributed by atoms with E-state index in [1.54, 1.807) is 17.8 Å². The Kier molecular flexibility index (Phi) is 5.94. The van der Waals surface area contributed by atoms with E-state index in [-0.39, 0.29) is 11.7 Å². The zero-order chi connectivity index (χ0) is 20.9. The maximum absolute atomic E-state index is 12.5. The standard InChI is InChI=1S/C22H24N6O2/c1-3-15(13-30-2)10-20(29)16-4-6-18(7-5-16)27-21-22-25-14-26-28(22)19(12-24-21)17-8-9-23-11-17/h4-8,11-12,14-15H,3,9-10,13H2,1-2H3,(H,24,27). The lowest BCUT2D eigenvalue weighted by Crippen LogP contribution is -2.13. The minimum Gasteiger partial charge on any atom is -0.384 e. The van der Waals surface area contributed by atoms with Crippen LogP contribution in [-0.2, 0) is 4.74 Å². The van der Waals surface area contributed by atoms with Crippen molar-refractivity contribution in [2.24, 2.45) is 10.9 Å². The molecule has 1 aliphatic heterocycles. The van der Waals surface area contributed by atoms with Crippen molar-refractivity contribution in [2.75, 3.05) is 25.6 Å². The van der Waals surface area contributed by atoms with E-state index < -0.39 is 0 Å². The van der Waals surface area contributed by atoms with E-state index in [0.29, 0.717) is 36.6 Å². The summed E-state index contributed by atoms with van der Waals surface area (Å²) in [6.07, 6.45) is 8.50. The molecule has 0 spiro atoms. The first-order chi connectivity index (χ1) is 14.7. The number of methoxy groups -OCH3 is 1. The second kappa shape index (κ2) is 8.96. The van der Waals surface area contributed by atoms with Crippen LogP contribution < -0.4 is 5.32 Å². The molecule has 8 nitrogen and oxygen atoms in total. The van der Waals surface area contributed by atoms with Crippen LogP contribution in [0, 0.1) is 5.92 Å². The van der Waals surface area contributed by atoms with Crippen molar-refractivity contribution < 1.29 is 9.53 Å². The monoisotopic (exact) mass is 404 g/mol. The van der Waals surface area contributed by atoms with Gasteiger partial charge in [0, 0.05) is 43.2 Å². The SMILES string of the molecule is CCC(COC)CC(=O)c1ccc(Nc2ncc(C3=CCN=C3)n3ncnc23)cc1. The summed E-state index contributed by atoms with van der Waals surface area (Å²) in [5, 5.41) is 7.59. The summed E-state index contributed by atoms with van der Waals surface area (Å²) < 4.78 is 6.94. The first kappa shape index (κ1) is 19.9. The molecular formula is C22H24N6O2. The molecule has 3 heterocycles. The Balaban J connectivity index is 1.51. The molecule has 0 aliphatic carbocycles. The number of fused-ring (bicyclic) bond motifs is 1. The van der Waals surface area contributed by atoms with E-state index in [9.17, 15) is 4.79 Å². The normalized spacial score (nSPS) is 14.1. The van der Waals surface area contributed by atoms with Crippen molar-refractivity contribution in [3.63, 3.8) is 0 Å². The van der Waals surface area contributed by atoms with Gasteiger partial charge in [0.15, 0.2) is 17.2 Å².